The summed E-state index contributed by atoms with van der Waals surface area (Å²) >= 11 is 6.17. The second kappa shape index (κ2) is 5.62. The summed E-state index contributed by atoms with van der Waals surface area (Å²) in [5, 5.41) is 12.9. The SMILES string of the molecule is O=C(O)c1ccc(NC2CCN3CCCC3C2)c(Cl)c1. The number of benzene rings is 1. The predicted molar refractivity (Wildman–Crippen MR) is 79.7 cm³/mol. The highest BCUT2D eigenvalue weighted by atomic mass is 35.5. The van der Waals surface area contributed by atoms with Crippen LogP contribution in [0.3, 0.4) is 0 Å². The Balaban J connectivity index is 1.67. The fourth-order valence-corrected chi connectivity index (χ4v) is 3.58. The van der Waals surface area contributed by atoms with Gasteiger partial charge in [-0.15, -0.1) is 0 Å². The van der Waals surface area contributed by atoms with Crippen LogP contribution in [0.5, 0.6) is 0 Å². The molecule has 2 unspecified atom stereocenters. The van der Waals surface area contributed by atoms with Crippen molar-refractivity contribution in [2.45, 2.75) is 37.8 Å². The van der Waals surface area contributed by atoms with E-state index in [0.29, 0.717) is 17.1 Å². The van der Waals surface area contributed by atoms with E-state index in [1.807, 2.05) is 0 Å². The first-order chi connectivity index (χ1) is 9.63. The Hall–Kier alpha value is -1.26. The number of hydrogen-bond donors (Lipinski definition) is 2. The van der Waals surface area contributed by atoms with Crippen LogP contribution in [0.15, 0.2) is 18.2 Å². The molecule has 5 heteroatoms. The maximum atomic E-state index is 10.9. The Kier molecular flexibility index (Phi) is 3.85. The Morgan fingerprint density at radius 2 is 2.20 bits per heavy atom. The maximum absolute atomic E-state index is 10.9. The molecule has 2 fully saturated rings. The van der Waals surface area contributed by atoms with Crippen molar-refractivity contribution < 1.29 is 9.90 Å². The minimum absolute atomic E-state index is 0.228. The molecule has 2 atom stereocenters. The molecule has 0 aliphatic carbocycles. The van der Waals surface area contributed by atoms with Crippen LogP contribution in [-0.2, 0) is 0 Å². The van der Waals surface area contributed by atoms with Gasteiger partial charge in [0.2, 0.25) is 0 Å². The molecule has 2 saturated heterocycles. The van der Waals surface area contributed by atoms with Crippen LogP contribution in [0, 0.1) is 0 Å². The Labute approximate surface area is 123 Å². The van der Waals surface area contributed by atoms with Gasteiger partial charge >= 0.3 is 5.97 Å². The van der Waals surface area contributed by atoms with Crippen molar-refractivity contribution >= 4 is 23.3 Å². The molecule has 0 amide bonds. The van der Waals surface area contributed by atoms with Crippen molar-refractivity contribution in [1.82, 2.24) is 4.90 Å². The largest absolute Gasteiger partial charge is 0.478 e. The van der Waals surface area contributed by atoms with E-state index in [0.717, 1.165) is 25.1 Å². The predicted octanol–water partition coefficient (Wildman–Crippen LogP) is 3.08. The van der Waals surface area contributed by atoms with Gasteiger partial charge in [0, 0.05) is 18.6 Å². The Morgan fingerprint density at radius 1 is 1.35 bits per heavy atom. The topological polar surface area (TPSA) is 52.6 Å². The van der Waals surface area contributed by atoms with Gasteiger partial charge in [-0.05, 0) is 50.4 Å². The number of nitrogens with one attached hydrogen (secondary N) is 1. The molecule has 0 spiro atoms. The summed E-state index contributed by atoms with van der Waals surface area (Å²) in [7, 11) is 0. The summed E-state index contributed by atoms with van der Waals surface area (Å²) in [6.45, 7) is 2.39. The van der Waals surface area contributed by atoms with Gasteiger partial charge in [-0.3, -0.25) is 0 Å². The first-order valence-electron chi connectivity index (χ1n) is 7.17. The molecule has 0 aromatic heterocycles. The molecule has 20 heavy (non-hydrogen) atoms. The molecule has 0 radical (unpaired) electrons. The summed E-state index contributed by atoms with van der Waals surface area (Å²) < 4.78 is 0. The number of carbonyl (C=O) groups is 1. The summed E-state index contributed by atoms with van der Waals surface area (Å²) in [5.41, 5.74) is 1.07. The third-order valence-electron chi connectivity index (χ3n) is 4.40. The minimum Gasteiger partial charge on any atom is -0.478 e. The van der Waals surface area contributed by atoms with Gasteiger partial charge in [-0.2, -0.15) is 0 Å². The van der Waals surface area contributed by atoms with E-state index in [2.05, 4.69) is 10.2 Å². The van der Waals surface area contributed by atoms with Crippen molar-refractivity contribution in [2.24, 2.45) is 0 Å². The van der Waals surface area contributed by atoms with E-state index < -0.39 is 5.97 Å². The zero-order valence-electron chi connectivity index (χ0n) is 11.3. The zero-order chi connectivity index (χ0) is 14.1. The normalized spacial score (nSPS) is 26.2. The van der Waals surface area contributed by atoms with Gasteiger partial charge in [-0.1, -0.05) is 11.6 Å². The Morgan fingerprint density at radius 3 is 2.95 bits per heavy atom. The van der Waals surface area contributed by atoms with Gasteiger partial charge in [0.05, 0.1) is 16.3 Å². The van der Waals surface area contributed by atoms with Crippen LogP contribution in [-0.4, -0.2) is 41.1 Å². The highest BCUT2D eigenvalue weighted by molar-refractivity contribution is 6.33. The summed E-state index contributed by atoms with van der Waals surface area (Å²) in [6.07, 6.45) is 4.87. The van der Waals surface area contributed by atoms with Crippen molar-refractivity contribution in [1.29, 1.82) is 0 Å². The van der Waals surface area contributed by atoms with Gasteiger partial charge in [-0.25, -0.2) is 4.79 Å². The average molecular weight is 295 g/mol. The van der Waals surface area contributed by atoms with E-state index in [1.54, 1.807) is 12.1 Å². The number of halogens is 1. The molecule has 0 bridgehead atoms. The van der Waals surface area contributed by atoms with Gasteiger partial charge in [0.15, 0.2) is 0 Å². The number of anilines is 1. The van der Waals surface area contributed by atoms with Crippen LogP contribution in [0.2, 0.25) is 5.02 Å². The minimum atomic E-state index is -0.947. The number of carboxylic acids is 1. The lowest BCUT2D eigenvalue weighted by Gasteiger charge is -2.35. The van der Waals surface area contributed by atoms with Gasteiger partial charge < -0.3 is 15.3 Å². The number of piperidine rings is 1. The van der Waals surface area contributed by atoms with Crippen LogP contribution in [0.25, 0.3) is 0 Å². The number of fused-ring (bicyclic) bond motifs is 1. The standard InChI is InChI=1S/C15H19ClN2O2/c16-13-8-10(15(19)20)3-4-14(13)17-11-5-7-18-6-1-2-12(18)9-11/h3-4,8,11-12,17H,1-2,5-7,9H2,(H,19,20). The van der Waals surface area contributed by atoms with Crippen molar-refractivity contribution in [3.8, 4) is 0 Å². The first kappa shape index (κ1) is 13.7. The smallest absolute Gasteiger partial charge is 0.335 e. The van der Waals surface area contributed by atoms with Crippen molar-refractivity contribution in [3.05, 3.63) is 28.8 Å². The Bertz CT molecular complexity index is 521. The van der Waals surface area contributed by atoms with E-state index in [4.69, 9.17) is 16.7 Å². The third kappa shape index (κ3) is 2.76. The van der Waals surface area contributed by atoms with E-state index in [-0.39, 0.29) is 5.56 Å². The average Bonchev–Trinajstić information content (AvgIpc) is 2.88. The fraction of sp³-hybridized carbons (Fsp3) is 0.533. The molecule has 108 valence electrons. The van der Waals surface area contributed by atoms with E-state index >= 15 is 0 Å². The lowest BCUT2D eigenvalue weighted by molar-refractivity contribution is 0.0697. The highest BCUT2D eigenvalue weighted by Gasteiger charge is 2.31. The molecule has 2 aliphatic heterocycles. The van der Waals surface area contributed by atoms with Crippen LogP contribution >= 0.6 is 11.6 Å². The fourth-order valence-electron chi connectivity index (χ4n) is 3.34. The van der Waals surface area contributed by atoms with Crippen LogP contribution in [0.4, 0.5) is 5.69 Å². The second-order valence-electron chi connectivity index (χ2n) is 5.70. The maximum Gasteiger partial charge on any atom is 0.335 e. The molecule has 2 heterocycles. The van der Waals surface area contributed by atoms with Crippen LogP contribution in [0.1, 0.15) is 36.0 Å². The third-order valence-corrected chi connectivity index (χ3v) is 4.71. The van der Waals surface area contributed by atoms with Crippen molar-refractivity contribution in [2.75, 3.05) is 18.4 Å². The highest BCUT2D eigenvalue weighted by Crippen LogP contribution is 2.30. The number of rotatable bonds is 3. The van der Waals surface area contributed by atoms with Gasteiger partial charge in [0.25, 0.3) is 0 Å². The molecule has 2 N–H and O–H groups in total. The molecule has 1 aromatic rings. The van der Waals surface area contributed by atoms with Crippen molar-refractivity contribution in [3.63, 3.8) is 0 Å². The monoisotopic (exact) mass is 294 g/mol. The number of aromatic carboxylic acids is 1. The summed E-state index contributed by atoms with van der Waals surface area (Å²) in [5.74, 6) is -0.947. The number of carboxylic acid groups (broad SMARTS) is 1. The summed E-state index contributed by atoms with van der Waals surface area (Å²) in [4.78, 5) is 13.5. The van der Waals surface area contributed by atoms with Gasteiger partial charge in [0.1, 0.15) is 0 Å². The number of hydrogen-bond acceptors (Lipinski definition) is 3. The zero-order valence-corrected chi connectivity index (χ0v) is 12.1. The summed E-state index contributed by atoms with van der Waals surface area (Å²) in [6, 6.07) is 6.02. The molecule has 4 nitrogen and oxygen atoms in total. The molecule has 2 aliphatic rings. The van der Waals surface area contributed by atoms with E-state index in [9.17, 15) is 4.79 Å². The van der Waals surface area contributed by atoms with E-state index in [1.165, 1.54) is 25.5 Å². The first-order valence-corrected chi connectivity index (χ1v) is 7.55. The molecule has 3 rings (SSSR count). The molecular weight excluding hydrogens is 276 g/mol. The molecular formula is C15H19ClN2O2. The lowest BCUT2D eigenvalue weighted by Crippen LogP contribution is -2.42. The van der Waals surface area contributed by atoms with Crippen LogP contribution < -0.4 is 5.32 Å². The number of nitrogens with zero attached hydrogens (tertiary/aromatic N) is 1. The molecule has 1 aromatic carbocycles. The second-order valence-corrected chi connectivity index (χ2v) is 6.10. The molecule has 0 saturated carbocycles. The quantitative estimate of drug-likeness (QED) is 0.899. The lowest BCUT2D eigenvalue weighted by atomic mass is 9.97.